The maximum Gasteiger partial charge on any atom is 0.348 e. The van der Waals surface area contributed by atoms with Crippen molar-refractivity contribution >= 4 is 29.4 Å². The number of carbonyl (C=O) groups is 2. The molecule has 0 bridgehead atoms. The van der Waals surface area contributed by atoms with E-state index in [1.54, 1.807) is 12.1 Å². The molecular weight excluding hydrogens is 352 g/mol. The van der Waals surface area contributed by atoms with Crippen molar-refractivity contribution < 1.29 is 24.0 Å². The Labute approximate surface area is 155 Å². The van der Waals surface area contributed by atoms with Crippen molar-refractivity contribution in [3.63, 3.8) is 0 Å². The fourth-order valence-corrected chi connectivity index (χ4v) is 3.96. The van der Waals surface area contributed by atoms with Crippen molar-refractivity contribution in [3.8, 4) is 0 Å². The first-order chi connectivity index (χ1) is 13.0. The maximum absolute atomic E-state index is 12.3. The van der Waals surface area contributed by atoms with E-state index in [1.165, 1.54) is 12.1 Å². The predicted octanol–water partition coefficient (Wildman–Crippen LogP) is 2.95. The van der Waals surface area contributed by atoms with Crippen LogP contribution in [0.4, 0.5) is 11.4 Å². The van der Waals surface area contributed by atoms with Crippen molar-refractivity contribution in [2.45, 2.75) is 44.3 Å². The Kier molecular flexibility index (Phi) is 4.33. The summed E-state index contributed by atoms with van der Waals surface area (Å²) in [5.74, 6) is -2.60. The number of esters is 2. The fourth-order valence-electron chi connectivity index (χ4n) is 3.96. The number of rotatable bonds is 3. The number of nitrogens with zero attached hydrogens (tertiary/aromatic N) is 2. The van der Waals surface area contributed by atoms with Crippen molar-refractivity contribution in [3.05, 3.63) is 39.4 Å². The SMILES string of the molecule is O=C1OC2(CCCC2)OC(=O)C1=Cc1ccc(N2CCCC2)c([N+](=O)[O-])c1. The number of nitro groups is 1. The molecule has 0 amide bonds. The van der Waals surface area contributed by atoms with Gasteiger partial charge in [0.25, 0.3) is 11.5 Å². The molecule has 1 saturated carbocycles. The van der Waals surface area contributed by atoms with Gasteiger partial charge in [-0.2, -0.15) is 0 Å². The fraction of sp³-hybridized carbons (Fsp3) is 0.474. The topological polar surface area (TPSA) is 99.0 Å². The molecule has 3 fully saturated rings. The molecule has 1 aliphatic carbocycles. The van der Waals surface area contributed by atoms with Crippen molar-refractivity contribution in [2.75, 3.05) is 18.0 Å². The van der Waals surface area contributed by atoms with E-state index >= 15 is 0 Å². The highest BCUT2D eigenvalue weighted by Gasteiger charge is 2.47. The van der Waals surface area contributed by atoms with Gasteiger partial charge in [-0.3, -0.25) is 10.1 Å². The summed E-state index contributed by atoms with van der Waals surface area (Å²) in [5, 5.41) is 11.5. The first-order valence-corrected chi connectivity index (χ1v) is 9.19. The number of hydrogen-bond acceptors (Lipinski definition) is 7. The summed E-state index contributed by atoms with van der Waals surface area (Å²) in [4.78, 5) is 37.7. The summed E-state index contributed by atoms with van der Waals surface area (Å²) in [7, 11) is 0. The van der Waals surface area contributed by atoms with Crippen LogP contribution < -0.4 is 4.90 Å². The van der Waals surface area contributed by atoms with Crippen LogP contribution in [-0.2, 0) is 19.1 Å². The van der Waals surface area contributed by atoms with E-state index in [1.807, 2.05) is 4.90 Å². The molecule has 4 rings (SSSR count). The summed E-state index contributed by atoms with van der Waals surface area (Å²) >= 11 is 0. The molecule has 2 aliphatic heterocycles. The van der Waals surface area contributed by atoms with Crippen molar-refractivity contribution in [2.24, 2.45) is 0 Å². The van der Waals surface area contributed by atoms with Crippen molar-refractivity contribution in [1.82, 2.24) is 0 Å². The van der Waals surface area contributed by atoms with Gasteiger partial charge in [-0.1, -0.05) is 6.07 Å². The van der Waals surface area contributed by atoms with Crippen LogP contribution in [0.5, 0.6) is 0 Å². The minimum atomic E-state index is -1.13. The largest absolute Gasteiger partial charge is 0.419 e. The standard InChI is InChI=1S/C19H20N2O6/c22-17-14(18(23)27-19(26-17)7-1-2-8-19)11-13-5-6-15(16(12-13)21(24)25)20-9-3-4-10-20/h5-6,11-12H,1-4,7-10H2. The number of hydrogen-bond donors (Lipinski definition) is 0. The molecule has 27 heavy (non-hydrogen) atoms. The van der Waals surface area contributed by atoms with Gasteiger partial charge < -0.3 is 14.4 Å². The zero-order valence-corrected chi connectivity index (χ0v) is 14.8. The highest BCUT2D eigenvalue weighted by Crippen LogP contribution is 2.39. The average molecular weight is 372 g/mol. The number of ether oxygens (including phenoxy) is 2. The van der Waals surface area contributed by atoms with Crippen molar-refractivity contribution in [1.29, 1.82) is 0 Å². The van der Waals surface area contributed by atoms with E-state index in [9.17, 15) is 19.7 Å². The molecule has 2 heterocycles. The summed E-state index contributed by atoms with van der Waals surface area (Å²) in [5.41, 5.74) is 0.654. The molecule has 8 heteroatoms. The summed E-state index contributed by atoms with van der Waals surface area (Å²) in [6.07, 6.45) is 5.99. The van der Waals surface area contributed by atoms with E-state index in [2.05, 4.69) is 0 Å². The number of nitro benzene ring substituents is 1. The van der Waals surface area contributed by atoms with Crippen LogP contribution in [0.15, 0.2) is 23.8 Å². The molecule has 0 N–H and O–H groups in total. The third-order valence-corrected chi connectivity index (χ3v) is 5.32. The van der Waals surface area contributed by atoms with Gasteiger partial charge >= 0.3 is 11.9 Å². The Morgan fingerprint density at radius 2 is 1.67 bits per heavy atom. The average Bonchev–Trinajstić information content (AvgIpc) is 3.30. The molecule has 142 valence electrons. The van der Waals surface area contributed by atoms with Gasteiger partial charge in [0.1, 0.15) is 11.3 Å². The van der Waals surface area contributed by atoms with Gasteiger partial charge in [0, 0.05) is 32.0 Å². The lowest BCUT2D eigenvalue weighted by Crippen LogP contribution is -2.44. The quantitative estimate of drug-likeness (QED) is 0.264. The summed E-state index contributed by atoms with van der Waals surface area (Å²) < 4.78 is 10.8. The van der Waals surface area contributed by atoms with Crippen LogP contribution in [0.25, 0.3) is 6.08 Å². The van der Waals surface area contributed by atoms with Crippen LogP contribution >= 0.6 is 0 Å². The molecule has 1 aromatic carbocycles. The highest BCUT2D eigenvalue weighted by molar-refractivity contribution is 6.19. The molecule has 0 unspecified atom stereocenters. The second-order valence-corrected chi connectivity index (χ2v) is 7.15. The molecule has 0 aromatic heterocycles. The Balaban J connectivity index is 1.63. The maximum atomic E-state index is 12.3. The van der Waals surface area contributed by atoms with Crippen LogP contribution in [0, 0.1) is 10.1 Å². The van der Waals surface area contributed by atoms with Crippen LogP contribution in [0.3, 0.4) is 0 Å². The third kappa shape index (κ3) is 3.27. The monoisotopic (exact) mass is 372 g/mol. The second kappa shape index (κ2) is 6.68. The van der Waals surface area contributed by atoms with Gasteiger partial charge in [0.15, 0.2) is 0 Å². The van der Waals surface area contributed by atoms with Gasteiger partial charge in [-0.25, -0.2) is 9.59 Å². The Bertz CT molecular complexity index is 813. The second-order valence-electron chi connectivity index (χ2n) is 7.15. The first-order valence-electron chi connectivity index (χ1n) is 9.19. The zero-order chi connectivity index (χ0) is 19.0. The minimum absolute atomic E-state index is 0.0453. The van der Waals surface area contributed by atoms with Crippen LogP contribution in [-0.4, -0.2) is 35.7 Å². The minimum Gasteiger partial charge on any atom is -0.419 e. The Morgan fingerprint density at radius 1 is 1.04 bits per heavy atom. The molecule has 8 nitrogen and oxygen atoms in total. The lowest BCUT2D eigenvalue weighted by Gasteiger charge is -2.32. The van der Waals surface area contributed by atoms with E-state index in [0.29, 0.717) is 24.1 Å². The number of benzene rings is 1. The highest BCUT2D eigenvalue weighted by atomic mass is 16.7. The van der Waals surface area contributed by atoms with E-state index in [4.69, 9.17) is 9.47 Å². The molecule has 2 saturated heterocycles. The molecule has 1 spiro atoms. The Morgan fingerprint density at radius 3 is 2.26 bits per heavy atom. The normalized spacial score (nSPS) is 21.3. The molecule has 1 aromatic rings. The summed E-state index contributed by atoms with van der Waals surface area (Å²) in [6, 6.07) is 4.70. The number of carbonyl (C=O) groups excluding carboxylic acids is 2. The molecule has 0 atom stereocenters. The third-order valence-electron chi connectivity index (χ3n) is 5.32. The molecular formula is C19H20N2O6. The van der Waals surface area contributed by atoms with Gasteiger partial charge in [-0.05, 0) is 43.4 Å². The lowest BCUT2D eigenvalue weighted by molar-refractivity contribution is -0.384. The van der Waals surface area contributed by atoms with Gasteiger partial charge in [0.05, 0.1) is 4.92 Å². The molecule has 3 aliphatic rings. The van der Waals surface area contributed by atoms with E-state index in [0.717, 1.165) is 38.8 Å². The summed E-state index contributed by atoms with van der Waals surface area (Å²) in [6.45, 7) is 1.56. The predicted molar refractivity (Wildman–Crippen MR) is 95.9 cm³/mol. The smallest absolute Gasteiger partial charge is 0.348 e. The van der Waals surface area contributed by atoms with Crippen LogP contribution in [0.2, 0.25) is 0 Å². The van der Waals surface area contributed by atoms with Gasteiger partial charge in [-0.15, -0.1) is 0 Å². The molecule has 0 radical (unpaired) electrons. The van der Waals surface area contributed by atoms with Crippen LogP contribution in [0.1, 0.15) is 44.1 Å². The lowest BCUT2D eigenvalue weighted by atomic mass is 10.1. The Hall–Kier alpha value is -2.90. The van der Waals surface area contributed by atoms with E-state index in [-0.39, 0.29) is 11.3 Å². The number of anilines is 1. The zero-order valence-electron chi connectivity index (χ0n) is 14.8. The first kappa shape index (κ1) is 17.5. The van der Waals surface area contributed by atoms with E-state index < -0.39 is 22.6 Å². The van der Waals surface area contributed by atoms with Gasteiger partial charge in [0.2, 0.25) is 0 Å².